The maximum absolute atomic E-state index is 2.65. The molecule has 54 heavy (non-hydrogen) atoms. The summed E-state index contributed by atoms with van der Waals surface area (Å²) in [5, 5.41) is 9.21. The Morgan fingerprint density at radius 3 is 1.48 bits per heavy atom. The van der Waals surface area contributed by atoms with E-state index in [1.165, 1.54) is 70.5 Å². The lowest BCUT2D eigenvalue weighted by Crippen LogP contribution is -2.74. The molecule has 10 aromatic rings. The molecule has 0 spiro atoms. The Morgan fingerprint density at radius 2 is 0.852 bits per heavy atom. The minimum atomic E-state index is -2.65. The predicted octanol–water partition coefficient (Wildman–Crippen LogP) is 9.89. The number of hydrogen-bond acceptors (Lipinski definition) is 1. The van der Waals surface area contributed by atoms with Crippen LogP contribution in [0.15, 0.2) is 212 Å². The number of nitrogens with zero attached hydrogens (tertiary/aromatic N) is 3. The summed E-state index contributed by atoms with van der Waals surface area (Å²) < 4.78 is 4.87. The molecular weight excluding hydrogens is 671 g/mol. The second-order valence-electron chi connectivity index (χ2n) is 14.1. The van der Waals surface area contributed by atoms with Gasteiger partial charge in [-0.25, -0.2) is 0 Å². The summed E-state index contributed by atoms with van der Waals surface area (Å²) >= 11 is 0. The zero-order chi connectivity index (χ0) is 35.6. The molecule has 3 heterocycles. The summed E-state index contributed by atoms with van der Waals surface area (Å²) in [6.45, 7) is 0. The van der Waals surface area contributed by atoms with Crippen LogP contribution in [-0.2, 0) is 0 Å². The number of anilines is 3. The number of aromatic nitrogens is 2. The van der Waals surface area contributed by atoms with Gasteiger partial charge in [0.2, 0.25) is 0 Å². The molecule has 0 N–H and O–H groups in total. The zero-order valence-electron chi connectivity index (χ0n) is 29.5. The Bertz CT molecular complexity index is 2870. The van der Waals surface area contributed by atoms with E-state index in [1.54, 1.807) is 0 Å². The van der Waals surface area contributed by atoms with Gasteiger partial charge in [-0.3, -0.25) is 0 Å². The van der Waals surface area contributed by atoms with Gasteiger partial charge in [0.25, 0.3) is 0 Å². The van der Waals surface area contributed by atoms with Crippen LogP contribution in [0, 0.1) is 0 Å². The van der Waals surface area contributed by atoms with Gasteiger partial charge in [0.1, 0.15) is 0 Å². The first-order valence-electron chi connectivity index (χ1n) is 18.6. The summed E-state index contributed by atoms with van der Waals surface area (Å²) in [7, 11) is -2.65. The van der Waals surface area contributed by atoms with Gasteiger partial charge < -0.3 is 14.0 Å². The molecule has 8 aromatic carbocycles. The number of fused-ring (bicyclic) bond motifs is 6. The van der Waals surface area contributed by atoms with Crippen LogP contribution in [-0.4, -0.2) is 17.2 Å². The van der Waals surface area contributed by atoms with Crippen molar-refractivity contribution in [1.82, 2.24) is 9.13 Å². The molecule has 3 nitrogen and oxygen atoms in total. The Hall–Kier alpha value is -6.88. The minimum absolute atomic E-state index is 1.15. The summed E-state index contributed by atoms with van der Waals surface area (Å²) in [6.07, 6.45) is 2.25. The Labute approximate surface area is 315 Å². The van der Waals surface area contributed by atoms with Crippen LogP contribution in [0.2, 0.25) is 0 Å². The van der Waals surface area contributed by atoms with Crippen LogP contribution in [0.1, 0.15) is 0 Å². The quantitative estimate of drug-likeness (QED) is 0.124. The summed E-state index contributed by atoms with van der Waals surface area (Å²) in [4.78, 5) is 2.43. The van der Waals surface area contributed by atoms with Crippen molar-refractivity contribution < 1.29 is 0 Å². The van der Waals surface area contributed by atoms with E-state index in [0.29, 0.717) is 0 Å². The lowest BCUT2D eigenvalue weighted by Gasteiger charge is -2.34. The largest absolute Gasteiger partial charge is 0.312 e. The molecule has 1 aliphatic rings. The fourth-order valence-corrected chi connectivity index (χ4v) is 13.9. The highest BCUT2D eigenvalue weighted by Crippen LogP contribution is 2.50. The van der Waals surface area contributed by atoms with Gasteiger partial charge in [-0.2, -0.15) is 0 Å². The molecule has 0 aliphatic carbocycles. The van der Waals surface area contributed by atoms with Gasteiger partial charge >= 0.3 is 0 Å². The zero-order valence-corrected chi connectivity index (χ0v) is 30.5. The predicted molar refractivity (Wildman–Crippen MR) is 229 cm³/mol. The van der Waals surface area contributed by atoms with Crippen LogP contribution < -0.4 is 25.6 Å². The van der Waals surface area contributed by atoms with Gasteiger partial charge in [-0.15, -0.1) is 0 Å². The fraction of sp³-hybridized carbons (Fsp3) is 0. The summed E-state index contributed by atoms with van der Waals surface area (Å²) in [6, 6.07) is 76.1. The van der Waals surface area contributed by atoms with E-state index in [2.05, 4.69) is 226 Å². The van der Waals surface area contributed by atoms with Crippen molar-refractivity contribution in [2.75, 3.05) is 4.90 Å². The number of benzene rings is 8. The van der Waals surface area contributed by atoms with E-state index in [9.17, 15) is 0 Å². The molecule has 0 fully saturated rings. The summed E-state index contributed by atoms with van der Waals surface area (Å²) in [5.74, 6) is 0. The molecule has 0 atom stereocenters. The SMILES string of the molecule is c1ccc(N2c3ccccc3-n3ccc4c3c2cc2c3ccccc3n(-c3ccc([Si](c5ccccc5)(c5ccccc5)c5ccccc5)cc3)c24)cc1. The van der Waals surface area contributed by atoms with Crippen LogP contribution >= 0.6 is 0 Å². The Balaban J connectivity index is 1.18. The standard InChI is InChI=1S/C50H35N3Si/c1-5-17-36(18-6-1)52-47-28-16-15-27-46(47)51-34-33-43-49-44(35-48(52)50(43)51)42-25-13-14-26-45(42)53(49)37-29-31-41(32-30-37)54(38-19-7-2-8-20-38,39-21-9-3-10-22-39)40-23-11-4-12-24-40/h1-35H. The maximum Gasteiger partial charge on any atom is 0.179 e. The van der Waals surface area contributed by atoms with E-state index in [4.69, 9.17) is 0 Å². The smallest absolute Gasteiger partial charge is 0.179 e. The molecule has 0 saturated heterocycles. The molecule has 4 heteroatoms. The lowest BCUT2D eigenvalue weighted by molar-refractivity contribution is 1.08. The van der Waals surface area contributed by atoms with E-state index in [-0.39, 0.29) is 0 Å². The number of rotatable bonds is 6. The van der Waals surface area contributed by atoms with Gasteiger partial charge in [0, 0.05) is 33.7 Å². The van der Waals surface area contributed by atoms with Crippen molar-refractivity contribution >= 4 is 78.6 Å². The van der Waals surface area contributed by atoms with Crippen LogP contribution in [0.4, 0.5) is 17.1 Å². The van der Waals surface area contributed by atoms with Crippen molar-refractivity contribution in [2.24, 2.45) is 0 Å². The van der Waals surface area contributed by atoms with Crippen molar-refractivity contribution in [2.45, 2.75) is 0 Å². The topological polar surface area (TPSA) is 13.1 Å². The third-order valence-electron chi connectivity index (χ3n) is 11.4. The van der Waals surface area contributed by atoms with Crippen molar-refractivity contribution in [1.29, 1.82) is 0 Å². The summed E-state index contributed by atoms with van der Waals surface area (Å²) in [5.41, 5.74) is 9.50. The third kappa shape index (κ3) is 4.35. The molecule has 0 radical (unpaired) electrons. The second-order valence-corrected chi connectivity index (χ2v) is 18.0. The minimum Gasteiger partial charge on any atom is -0.312 e. The lowest BCUT2D eigenvalue weighted by atomic mass is 10.0. The van der Waals surface area contributed by atoms with Gasteiger partial charge in [-0.1, -0.05) is 152 Å². The van der Waals surface area contributed by atoms with Crippen LogP contribution in [0.3, 0.4) is 0 Å². The molecule has 0 amide bonds. The highest BCUT2D eigenvalue weighted by molar-refractivity contribution is 7.19. The van der Waals surface area contributed by atoms with Gasteiger partial charge in [0.05, 0.1) is 33.6 Å². The average molecular weight is 706 g/mol. The fourth-order valence-electron chi connectivity index (χ4n) is 9.17. The second kappa shape index (κ2) is 12.1. The van der Waals surface area contributed by atoms with Crippen LogP contribution in [0.5, 0.6) is 0 Å². The number of para-hydroxylation sites is 4. The van der Waals surface area contributed by atoms with E-state index in [0.717, 1.165) is 11.4 Å². The van der Waals surface area contributed by atoms with E-state index < -0.39 is 8.07 Å². The molecule has 1 aliphatic heterocycles. The van der Waals surface area contributed by atoms with E-state index in [1.807, 2.05) is 0 Å². The first-order valence-corrected chi connectivity index (χ1v) is 20.6. The van der Waals surface area contributed by atoms with Crippen molar-refractivity contribution in [3.8, 4) is 11.4 Å². The Morgan fingerprint density at radius 1 is 0.333 bits per heavy atom. The van der Waals surface area contributed by atoms with Crippen molar-refractivity contribution in [3.05, 3.63) is 212 Å². The molecule has 2 aromatic heterocycles. The number of hydrogen-bond donors (Lipinski definition) is 0. The molecule has 0 unspecified atom stereocenters. The highest BCUT2D eigenvalue weighted by atomic mass is 28.3. The van der Waals surface area contributed by atoms with Gasteiger partial charge in [0.15, 0.2) is 8.07 Å². The Kier molecular flexibility index (Phi) is 6.88. The molecule has 254 valence electrons. The maximum atomic E-state index is 2.49. The first-order chi connectivity index (χ1) is 26.8. The van der Waals surface area contributed by atoms with Gasteiger partial charge in [-0.05, 0) is 75.3 Å². The third-order valence-corrected chi connectivity index (χ3v) is 16.2. The monoisotopic (exact) mass is 705 g/mol. The molecular formula is C50H35N3Si. The molecule has 0 bridgehead atoms. The highest BCUT2D eigenvalue weighted by Gasteiger charge is 2.41. The van der Waals surface area contributed by atoms with Crippen LogP contribution in [0.25, 0.3) is 44.1 Å². The normalized spacial score (nSPS) is 12.4. The van der Waals surface area contributed by atoms with Crippen molar-refractivity contribution in [3.63, 3.8) is 0 Å². The average Bonchev–Trinajstić information content (AvgIpc) is 3.84. The molecule has 0 saturated carbocycles. The molecule has 11 rings (SSSR count). The first kappa shape index (κ1) is 30.7. The van der Waals surface area contributed by atoms with E-state index >= 15 is 0 Å².